The summed E-state index contributed by atoms with van der Waals surface area (Å²) in [6.45, 7) is 4.72. The fourth-order valence-electron chi connectivity index (χ4n) is 4.57. The normalized spacial score (nSPS) is 14.7. The van der Waals surface area contributed by atoms with Crippen LogP contribution in [0.25, 0.3) is 0 Å². The molecule has 0 radical (unpaired) electrons. The lowest BCUT2D eigenvalue weighted by Gasteiger charge is -2.41. The zero-order chi connectivity index (χ0) is 30.3. The van der Waals surface area contributed by atoms with Gasteiger partial charge in [-0.1, -0.05) is 0 Å². The van der Waals surface area contributed by atoms with E-state index >= 15 is 0 Å². The zero-order valence-corrected chi connectivity index (χ0v) is 24.1. The van der Waals surface area contributed by atoms with Gasteiger partial charge in [0.1, 0.15) is 6.61 Å². The van der Waals surface area contributed by atoms with Crippen molar-refractivity contribution in [3.63, 3.8) is 0 Å². The Morgan fingerprint density at radius 2 is 1.22 bits per heavy atom. The number of nitrogens with zero attached hydrogens (tertiary/aromatic N) is 3. The predicted molar refractivity (Wildman–Crippen MR) is 147 cm³/mol. The van der Waals surface area contributed by atoms with Crippen molar-refractivity contribution in [1.82, 2.24) is 14.7 Å². The molecule has 1 fully saturated rings. The lowest BCUT2D eigenvalue weighted by atomic mass is 10.1. The van der Waals surface area contributed by atoms with Crippen molar-refractivity contribution in [1.29, 1.82) is 0 Å². The van der Waals surface area contributed by atoms with Crippen molar-refractivity contribution in [2.24, 2.45) is 0 Å². The van der Waals surface area contributed by atoms with Gasteiger partial charge in [-0.2, -0.15) is 0 Å². The first-order valence-electron chi connectivity index (χ1n) is 13.1. The maximum Gasteiger partial charge on any atom is 0.409 e. The number of phenols is 2. The Kier molecular flexibility index (Phi) is 10.3. The standard InChI is InChI=1S/C28H37N3O10/c1-7-29(8-2)28(36)41-16-19-15-30(26(34)17-11-20(37-3)24(32)21(12-17)38-4)9-10-31(19)27(35)18-13-22(39-5)25(33)23(14-18)40-6/h11-14,19,32-33H,7-10,15-16H2,1-6H3. The van der Waals surface area contributed by atoms with E-state index in [2.05, 4.69) is 0 Å². The van der Waals surface area contributed by atoms with E-state index in [1.54, 1.807) is 0 Å². The molecule has 2 aromatic rings. The van der Waals surface area contributed by atoms with Gasteiger partial charge >= 0.3 is 6.09 Å². The van der Waals surface area contributed by atoms with Crippen LogP contribution >= 0.6 is 0 Å². The molecule has 0 saturated carbocycles. The lowest BCUT2D eigenvalue weighted by Crippen LogP contribution is -2.58. The number of hydrogen-bond acceptors (Lipinski definition) is 10. The zero-order valence-electron chi connectivity index (χ0n) is 24.1. The van der Waals surface area contributed by atoms with Crippen LogP contribution in [-0.4, -0.2) is 117 Å². The Morgan fingerprint density at radius 3 is 1.63 bits per heavy atom. The highest BCUT2D eigenvalue weighted by atomic mass is 16.6. The second-order valence-corrected chi connectivity index (χ2v) is 9.11. The molecule has 224 valence electrons. The third kappa shape index (κ3) is 6.61. The van der Waals surface area contributed by atoms with Crippen molar-refractivity contribution in [2.45, 2.75) is 19.9 Å². The third-order valence-electron chi connectivity index (χ3n) is 6.91. The topological polar surface area (TPSA) is 148 Å². The number of benzene rings is 2. The van der Waals surface area contributed by atoms with Crippen LogP contribution in [0.1, 0.15) is 34.6 Å². The second-order valence-electron chi connectivity index (χ2n) is 9.11. The summed E-state index contributed by atoms with van der Waals surface area (Å²) in [7, 11) is 5.44. The molecule has 3 amide bonds. The first-order valence-corrected chi connectivity index (χ1v) is 13.1. The van der Waals surface area contributed by atoms with Gasteiger partial charge in [-0.25, -0.2) is 4.79 Å². The van der Waals surface area contributed by atoms with Crippen LogP contribution < -0.4 is 18.9 Å². The van der Waals surface area contributed by atoms with E-state index in [-0.39, 0.29) is 77.8 Å². The Bertz CT molecular complexity index is 1210. The molecule has 2 aromatic carbocycles. The largest absolute Gasteiger partial charge is 0.502 e. The molecule has 1 aliphatic heterocycles. The molecule has 0 spiro atoms. The van der Waals surface area contributed by atoms with Gasteiger partial charge in [0.15, 0.2) is 23.0 Å². The van der Waals surface area contributed by atoms with E-state index in [0.29, 0.717) is 13.1 Å². The molecule has 1 atom stereocenters. The van der Waals surface area contributed by atoms with Crippen molar-refractivity contribution in [2.75, 3.05) is 67.8 Å². The first-order chi connectivity index (χ1) is 19.6. The molecule has 13 heteroatoms. The van der Waals surface area contributed by atoms with Crippen molar-refractivity contribution in [3.05, 3.63) is 35.4 Å². The number of phenolic OH excluding ortho intramolecular Hbond substituents is 2. The summed E-state index contributed by atoms with van der Waals surface area (Å²) in [5.41, 5.74) is 0.396. The minimum Gasteiger partial charge on any atom is -0.502 e. The van der Waals surface area contributed by atoms with E-state index in [4.69, 9.17) is 23.7 Å². The van der Waals surface area contributed by atoms with E-state index in [9.17, 15) is 24.6 Å². The highest BCUT2D eigenvalue weighted by Gasteiger charge is 2.35. The van der Waals surface area contributed by atoms with Crippen molar-refractivity contribution < 1.29 is 48.3 Å². The van der Waals surface area contributed by atoms with Crippen LogP contribution in [0.4, 0.5) is 4.79 Å². The van der Waals surface area contributed by atoms with Gasteiger partial charge in [-0.3, -0.25) is 9.59 Å². The quantitative estimate of drug-likeness (QED) is 0.433. The molecular formula is C28H37N3O10. The van der Waals surface area contributed by atoms with Gasteiger partial charge in [0, 0.05) is 43.9 Å². The molecule has 2 N–H and O–H groups in total. The van der Waals surface area contributed by atoms with E-state index in [1.165, 1.54) is 67.4 Å². The fourth-order valence-corrected chi connectivity index (χ4v) is 4.57. The monoisotopic (exact) mass is 575 g/mol. The molecule has 1 unspecified atom stereocenters. The summed E-state index contributed by atoms with van der Waals surface area (Å²) in [5, 5.41) is 20.5. The summed E-state index contributed by atoms with van der Waals surface area (Å²) in [4.78, 5) is 44.4. The summed E-state index contributed by atoms with van der Waals surface area (Å²) in [5.74, 6) is -1.04. The Morgan fingerprint density at radius 1 is 0.780 bits per heavy atom. The summed E-state index contributed by atoms with van der Waals surface area (Å²) < 4.78 is 26.3. The highest BCUT2D eigenvalue weighted by molar-refractivity contribution is 5.97. The van der Waals surface area contributed by atoms with Crippen LogP contribution in [0.2, 0.25) is 0 Å². The highest BCUT2D eigenvalue weighted by Crippen LogP contribution is 2.39. The molecule has 13 nitrogen and oxygen atoms in total. The first kappa shape index (κ1) is 31.0. The summed E-state index contributed by atoms with van der Waals surface area (Å²) in [6, 6.07) is 4.90. The average Bonchev–Trinajstić information content (AvgIpc) is 2.99. The summed E-state index contributed by atoms with van der Waals surface area (Å²) in [6.07, 6.45) is -0.535. The smallest absolute Gasteiger partial charge is 0.409 e. The fraction of sp³-hybridized carbons (Fsp3) is 0.464. The van der Waals surface area contributed by atoms with Crippen LogP contribution in [0.3, 0.4) is 0 Å². The molecular weight excluding hydrogens is 538 g/mol. The van der Waals surface area contributed by atoms with E-state index < -0.39 is 18.0 Å². The molecule has 3 rings (SSSR count). The minimum absolute atomic E-state index is 0.0496. The van der Waals surface area contributed by atoms with E-state index in [1.807, 2.05) is 13.8 Å². The van der Waals surface area contributed by atoms with Crippen LogP contribution in [0, 0.1) is 0 Å². The number of ether oxygens (including phenoxy) is 5. The molecule has 1 saturated heterocycles. The predicted octanol–water partition coefficient (Wildman–Crippen LogP) is 2.58. The maximum atomic E-state index is 13.7. The van der Waals surface area contributed by atoms with Gasteiger partial charge in [0.25, 0.3) is 11.8 Å². The Hall–Kier alpha value is -4.55. The van der Waals surface area contributed by atoms with Crippen LogP contribution in [0.5, 0.6) is 34.5 Å². The molecule has 0 bridgehead atoms. The Balaban J connectivity index is 1.92. The molecule has 0 aliphatic carbocycles. The van der Waals surface area contributed by atoms with E-state index in [0.717, 1.165) is 0 Å². The van der Waals surface area contributed by atoms with Gasteiger partial charge in [0.05, 0.1) is 34.5 Å². The maximum absolute atomic E-state index is 13.7. The van der Waals surface area contributed by atoms with Crippen LogP contribution in [-0.2, 0) is 4.74 Å². The van der Waals surface area contributed by atoms with Crippen LogP contribution in [0.15, 0.2) is 24.3 Å². The van der Waals surface area contributed by atoms with Crippen molar-refractivity contribution >= 4 is 17.9 Å². The second kappa shape index (κ2) is 13.7. The number of amides is 3. The molecule has 1 aliphatic rings. The average molecular weight is 576 g/mol. The SMILES string of the molecule is CCN(CC)C(=O)OCC1CN(C(=O)c2cc(OC)c(O)c(OC)c2)CCN1C(=O)c1cc(OC)c(O)c(OC)c1. The lowest BCUT2D eigenvalue weighted by molar-refractivity contribution is 0.0183. The number of aromatic hydroxyl groups is 2. The summed E-state index contributed by atoms with van der Waals surface area (Å²) >= 11 is 0. The van der Waals surface area contributed by atoms with Gasteiger partial charge in [-0.05, 0) is 38.1 Å². The van der Waals surface area contributed by atoms with Gasteiger partial charge in [0.2, 0.25) is 11.5 Å². The number of piperazine rings is 1. The number of carbonyl (C=O) groups is 3. The molecule has 1 heterocycles. The van der Waals surface area contributed by atoms with Crippen molar-refractivity contribution in [3.8, 4) is 34.5 Å². The number of carbonyl (C=O) groups excluding carboxylic acids is 3. The number of hydrogen-bond donors (Lipinski definition) is 2. The molecule has 41 heavy (non-hydrogen) atoms. The Labute approximate surface area is 238 Å². The number of rotatable bonds is 10. The molecule has 0 aromatic heterocycles. The third-order valence-corrected chi connectivity index (χ3v) is 6.91. The van der Waals surface area contributed by atoms with Gasteiger partial charge < -0.3 is 48.6 Å². The minimum atomic E-state index is -0.702. The van der Waals surface area contributed by atoms with Gasteiger partial charge in [-0.15, -0.1) is 0 Å². The number of methoxy groups -OCH3 is 4.